The second-order valence-electron chi connectivity index (χ2n) is 15.9. The Kier molecular flexibility index (Phi) is 8.05. The Bertz CT molecular complexity index is 2770. The van der Waals surface area contributed by atoms with Crippen molar-refractivity contribution >= 4 is 34.0 Å². The van der Waals surface area contributed by atoms with Crippen molar-refractivity contribution in [2.24, 2.45) is 11.8 Å². The Morgan fingerprint density at radius 1 is 0.518 bits per heavy atom. The zero-order chi connectivity index (χ0) is 38.1. The van der Waals surface area contributed by atoms with Crippen molar-refractivity contribution in [3.63, 3.8) is 0 Å². The third-order valence-electron chi connectivity index (χ3n) is 11.9. The fourth-order valence-electron chi connectivity index (χ4n) is 9.46. The highest BCUT2D eigenvalue weighted by Crippen LogP contribution is 2.52. The summed E-state index contributed by atoms with van der Waals surface area (Å²) in [5.41, 5.74) is 18.7. The van der Waals surface area contributed by atoms with Crippen LogP contribution in [0.15, 0.2) is 140 Å². The summed E-state index contributed by atoms with van der Waals surface area (Å²) >= 11 is 0. The number of allylic oxidation sites excluding steroid dienone is 2. The van der Waals surface area contributed by atoms with Crippen LogP contribution in [0.3, 0.4) is 0 Å². The quantitative estimate of drug-likeness (QED) is 0.174. The summed E-state index contributed by atoms with van der Waals surface area (Å²) < 4.78 is 4.99. The number of nitrogens with zero attached hydrogens (tertiary/aromatic N) is 3. The topological polar surface area (TPSA) is 33.6 Å². The van der Waals surface area contributed by atoms with E-state index in [1.165, 1.54) is 44.4 Å². The Morgan fingerprint density at radius 2 is 0.911 bits per heavy atom. The molecule has 2 aromatic heterocycles. The molecule has 2 unspecified atom stereocenters. The Balaban J connectivity index is 1.52. The minimum Gasteiger partial charge on any atom is -0.308 e. The Morgan fingerprint density at radius 3 is 1.30 bits per heavy atom. The summed E-state index contributed by atoms with van der Waals surface area (Å²) in [6.45, 7) is 8.99. The molecule has 2 atom stereocenters. The maximum absolute atomic E-state index is 11.8. The lowest BCUT2D eigenvalue weighted by molar-refractivity contribution is 0.717. The molecular formula is C53H43N3. The first-order valence-electron chi connectivity index (χ1n) is 19.9. The van der Waals surface area contributed by atoms with Crippen LogP contribution in [0.2, 0.25) is 0 Å². The van der Waals surface area contributed by atoms with Gasteiger partial charge >= 0.3 is 0 Å². The lowest BCUT2D eigenvalue weighted by Gasteiger charge is -2.29. The molecule has 0 N–H and O–H groups in total. The van der Waals surface area contributed by atoms with Gasteiger partial charge in [0.15, 0.2) is 0 Å². The van der Waals surface area contributed by atoms with Gasteiger partial charge in [-0.15, -0.1) is 0 Å². The number of rotatable bonds is 5. The molecule has 0 fully saturated rings. The largest absolute Gasteiger partial charge is 0.308 e. The molecule has 270 valence electrons. The summed E-state index contributed by atoms with van der Waals surface area (Å²) in [7, 11) is 0. The van der Waals surface area contributed by atoms with Crippen LogP contribution in [0.1, 0.15) is 53.1 Å². The Labute approximate surface area is 329 Å². The van der Waals surface area contributed by atoms with Crippen LogP contribution in [-0.2, 0) is 12.8 Å². The molecule has 0 bridgehead atoms. The highest BCUT2D eigenvalue weighted by atomic mass is 15.0. The second kappa shape index (κ2) is 13.3. The molecule has 0 radical (unpaired) electrons. The van der Waals surface area contributed by atoms with E-state index in [1.807, 2.05) is 0 Å². The first-order chi connectivity index (χ1) is 27.4. The van der Waals surface area contributed by atoms with Gasteiger partial charge in [-0.25, -0.2) is 0 Å². The zero-order valence-corrected chi connectivity index (χ0v) is 32.3. The van der Waals surface area contributed by atoms with Crippen molar-refractivity contribution in [2.45, 2.75) is 40.5 Å². The van der Waals surface area contributed by atoms with E-state index in [2.05, 4.69) is 195 Å². The summed E-state index contributed by atoms with van der Waals surface area (Å²) in [6, 6.07) is 48.7. The third kappa shape index (κ3) is 5.24. The fraction of sp³-hybridized carbons (Fsp3) is 0.151. The predicted molar refractivity (Wildman–Crippen MR) is 234 cm³/mol. The average molecular weight is 722 g/mol. The van der Waals surface area contributed by atoms with Crippen LogP contribution in [0.5, 0.6) is 0 Å². The lowest BCUT2D eigenvalue weighted by Crippen LogP contribution is -2.13. The van der Waals surface area contributed by atoms with E-state index in [9.17, 15) is 5.26 Å². The van der Waals surface area contributed by atoms with Gasteiger partial charge in [0, 0.05) is 38.9 Å². The van der Waals surface area contributed by atoms with Crippen molar-refractivity contribution in [1.29, 1.82) is 5.26 Å². The van der Waals surface area contributed by atoms with Crippen molar-refractivity contribution in [3.05, 3.63) is 179 Å². The van der Waals surface area contributed by atoms with Crippen molar-refractivity contribution < 1.29 is 0 Å². The summed E-state index contributed by atoms with van der Waals surface area (Å²) in [4.78, 5) is 0. The van der Waals surface area contributed by atoms with Gasteiger partial charge < -0.3 is 9.13 Å². The van der Waals surface area contributed by atoms with E-state index in [4.69, 9.17) is 0 Å². The maximum atomic E-state index is 11.8. The predicted octanol–water partition coefficient (Wildman–Crippen LogP) is 13.5. The summed E-state index contributed by atoms with van der Waals surface area (Å²) in [5.74, 6) is 0.843. The highest BCUT2D eigenvalue weighted by Gasteiger charge is 2.34. The highest BCUT2D eigenvalue weighted by molar-refractivity contribution is 6.06. The smallest absolute Gasteiger partial charge is 0.101 e. The molecule has 6 aromatic carbocycles. The van der Waals surface area contributed by atoms with Gasteiger partial charge in [-0.3, -0.25) is 0 Å². The van der Waals surface area contributed by atoms with Gasteiger partial charge in [0.1, 0.15) is 6.07 Å². The van der Waals surface area contributed by atoms with Crippen molar-refractivity contribution in [3.8, 4) is 50.8 Å². The molecule has 2 aliphatic carbocycles. The molecule has 3 nitrogen and oxygen atoms in total. The molecule has 0 saturated heterocycles. The summed E-state index contributed by atoms with van der Waals surface area (Å²) in [6.07, 6.45) is 11.3. The lowest BCUT2D eigenvalue weighted by atomic mass is 9.83. The first-order valence-corrected chi connectivity index (χ1v) is 19.9. The van der Waals surface area contributed by atoms with Crippen LogP contribution in [0, 0.1) is 37.0 Å². The van der Waals surface area contributed by atoms with E-state index in [0.29, 0.717) is 17.4 Å². The molecule has 3 heteroatoms. The second-order valence-corrected chi connectivity index (χ2v) is 15.9. The van der Waals surface area contributed by atoms with Crippen LogP contribution in [0.4, 0.5) is 0 Å². The van der Waals surface area contributed by atoms with Crippen LogP contribution < -0.4 is 0 Å². The van der Waals surface area contributed by atoms with Gasteiger partial charge in [0.05, 0.1) is 28.0 Å². The SMILES string of the molecule is Cc1ccc2c(c1)c1c(n2-c2c(-c3ccccc3)c(C#N)c(-c3ccccc3)c(-n3c4c(c5cc(C)ccc53)CC(C)C=C4)c2-c2ccccc2)C=CC(C)C1. The van der Waals surface area contributed by atoms with Gasteiger partial charge in [0.25, 0.3) is 0 Å². The van der Waals surface area contributed by atoms with Crippen LogP contribution in [0.25, 0.3) is 78.7 Å². The number of benzene rings is 6. The first kappa shape index (κ1) is 33.9. The van der Waals surface area contributed by atoms with Gasteiger partial charge in [-0.2, -0.15) is 5.26 Å². The molecule has 0 aliphatic heterocycles. The van der Waals surface area contributed by atoms with Crippen molar-refractivity contribution in [1.82, 2.24) is 9.13 Å². The molecule has 0 amide bonds. The minimum absolute atomic E-state index is 0.422. The Hall–Kier alpha value is -6.63. The van der Waals surface area contributed by atoms with Gasteiger partial charge in [-0.05, 0) is 103 Å². The van der Waals surface area contributed by atoms with E-state index in [0.717, 1.165) is 68.6 Å². The number of hydrogen-bond donors (Lipinski definition) is 0. The normalized spacial score (nSPS) is 15.9. The number of fused-ring (bicyclic) bond motifs is 6. The van der Waals surface area contributed by atoms with Gasteiger partial charge in [0.2, 0.25) is 0 Å². The molecule has 8 aromatic rings. The molecule has 10 rings (SSSR count). The number of hydrogen-bond acceptors (Lipinski definition) is 1. The van der Waals surface area contributed by atoms with Gasteiger partial charge in [-0.1, -0.05) is 140 Å². The molecule has 2 heterocycles. The molecule has 0 spiro atoms. The van der Waals surface area contributed by atoms with E-state index >= 15 is 0 Å². The average Bonchev–Trinajstić information content (AvgIpc) is 3.71. The fourth-order valence-corrected chi connectivity index (χ4v) is 9.46. The zero-order valence-electron chi connectivity index (χ0n) is 32.3. The van der Waals surface area contributed by atoms with Crippen LogP contribution in [-0.4, -0.2) is 9.13 Å². The van der Waals surface area contributed by atoms with Crippen LogP contribution >= 0.6 is 0 Å². The molecule has 56 heavy (non-hydrogen) atoms. The van der Waals surface area contributed by atoms with E-state index < -0.39 is 0 Å². The maximum Gasteiger partial charge on any atom is 0.101 e. The van der Waals surface area contributed by atoms with Crippen molar-refractivity contribution in [2.75, 3.05) is 0 Å². The molecular weight excluding hydrogens is 679 g/mol. The molecule has 0 saturated carbocycles. The number of aromatic nitrogens is 2. The van der Waals surface area contributed by atoms with E-state index in [1.54, 1.807) is 0 Å². The number of nitriles is 1. The summed E-state index contributed by atoms with van der Waals surface area (Å²) in [5, 5.41) is 14.3. The molecule has 2 aliphatic rings. The third-order valence-corrected chi connectivity index (χ3v) is 11.9. The monoisotopic (exact) mass is 721 g/mol. The minimum atomic E-state index is 0.422. The van der Waals surface area contributed by atoms with E-state index in [-0.39, 0.29) is 0 Å². The number of aryl methyl sites for hydroxylation is 2. The standard InChI is InChI=1S/C53H43N3/c1-33-20-24-45-40(28-33)41-29-34(2)21-25-46(41)55(45)52-49(37-14-8-5-9-15-37)44(32-54)50(38-16-10-6-11-17-38)53(51(52)39-18-12-7-13-19-39)56-47-26-22-35(3)30-42(47)43-31-36(4)23-27-48(43)56/h5-28,30,34,36H,29,31H2,1-4H3.